The Kier molecular flexibility index (Phi) is 6.54. The monoisotopic (exact) mass is 330 g/mol. The predicted molar refractivity (Wildman–Crippen MR) is 90.6 cm³/mol. The van der Waals surface area contributed by atoms with Crippen molar-refractivity contribution in [3.8, 4) is 0 Å². The highest BCUT2D eigenvalue weighted by Gasteiger charge is 2.14. The van der Waals surface area contributed by atoms with Gasteiger partial charge in [0, 0.05) is 12.2 Å². The van der Waals surface area contributed by atoms with Gasteiger partial charge in [0.2, 0.25) is 0 Å². The second-order valence-electron chi connectivity index (χ2n) is 5.64. The van der Waals surface area contributed by atoms with Gasteiger partial charge in [0.1, 0.15) is 0 Å². The number of carbonyl (C=O) groups is 3. The summed E-state index contributed by atoms with van der Waals surface area (Å²) < 4.78 is 4.59. The summed E-state index contributed by atoms with van der Waals surface area (Å²) in [6, 6.07) is 6.14. The number of benzene rings is 1. The molecule has 2 rings (SSSR count). The molecule has 0 aromatic heterocycles. The summed E-state index contributed by atoms with van der Waals surface area (Å²) in [7, 11) is 1.30. The van der Waals surface area contributed by atoms with Gasteiger partial charge >= 0.3 is 17.8 Å². The number of hydrogen-bond donors (Lipinski definition) is 2. The number of ether oxygens (including phenoxy) is 1. The van der Waals surface area contributed by atoms with E-state index in [4.69, 9.17) is 0 Å². The molecule has 2 amide bonds. The van der Waals surface area contributed by atoms with Crippen molar-refractivity contribution in [2.75, 3.05) is 19.0 Å². The van der Waals surface area contributed by atoms with E-state index in [0.717, 1.165) is 19.3 Å². The van der Waals surface area contributed by atoms with Crippen molar-refractivity contribution >= 4 is 23.5 Å². The lowest BCUT2D eigenvalue weighted by atomic mass is 9.97. The van der Waals surface area contributed by atoms with Gasteiger partial charge in [-0.1, -0.05) is 11.6 Å². The maximum Gasteiger partial charge on any atom is 0.337 e. The van der Waals surface area contributed by atoms with Crippen molar-refractivity contribution < 1.29 is 19.1 Å². The molecule has 1 aliphatic carbocycles. The first-order valence-electron chi connectivity index (χ1n) is 8.05. The normalized spacial score (nSPS) is 13.6. The Hall–Kier alpha value is -2.63. The third-order valence-electron chi connectivity index (χ3n) is 3.89. The maximum absolute atomic E-state index is 11.8. The van der Waals surface area contributed by atoms with Crippen LogP contribution in [0.25, 0.3) is 0 Å². The molecular weight excluding hydrogens is 308 g/mol. The lowest BCUT2D eigenvalue weighted by Gasteiger charge is -2.12. The summed E-state index contributed by atoms with van der Waals surface area (Å²) >= 11 is 0. The first-order valence-corrected chi connectivity index (χ1v) is 8.05. The fraction of sp³-hybridized carbons (Fsp3) is 0.389. The Bertz CT molecular complexity index is 635. The smallest absolute Gasteiger partial charge is 0.337 e. The van der Waals surface area contributed by atoms with E-state index in [1.54, 1.807) is 12.1 Å². The van der Waals surface area contributed by atoms with E-state index in [2.05, 4.69) is 21.4 Å². The molecule has 0 unspecified atom stereocenters. The van der Waals surface area contributed by atoms with E-state index < -0.39 is 17.8 Å². The Morgan fingerprint density at radius 3 is 2.46 bits per heavy atom. The lowest BCUT2D eigenvalue weighted by molar-refractivity contribution is -0.136. The molecular formula is C18H22N2O4. The van der Waals surface area contributed by atoms with E-state index in [1.807, 2.05) is 0 Å². The largest absolute Gasteiger partial charge is 0.465 e. The number of methoxy groups -OCH3 is 1. The highest BCUT2D eigenvalue weighted by atomic mass is 16.5. The summed E-state index contributed by atoms with van der Waals surface area (Å²) in [5.41, 5.74) is 2.17. The van der Waals surface area contributed by atoms with E-state index in [-0.39, 0.29) is 0 Å². The van der Waals surface area contributed by atoms with Crippen LogP contribution in [0.5, 0.6) is 0 Å². The number of allylic oxidation sites excluding steroid dienone is 1. The van der Waals surface area contributed by atoms with Crippen LogP contribution in [0.4, 0.5) is 5.69 Å². The number of anilines is 1. The van der Waals surface area contributed by atoms with E-state index in [0.29, 0.717) is 17.8 Å². The maximum atomic E-state index is 11.8. The zero-order chi connectivity index (χ0) is 17.4. The summed E-state index contributed by atoms with van der Waals surface area (Å²) in [5.74, 6) is -1.84. The van der Waals surface area contributed by atoms with Gasteiger partial charge < -0.3 is 15.4 Å². The van der Waals surface area contributed by atoms with Gasteiger partial charge in [-0.15, -0.1) is 0 Å². The fourth-order valence-corrected chi connectivity index (χ4v) is 2.54. The molecule has 0 atom stereocenters. The van der Waals surface area contributed by atoms with Crippen molar-refractivity contribution in [1.29, 1.82) is 0 Å². The lowest BCUT2D eigenvalue weighted by Crippen LogP contribution is -2.36. The molecule has 1 aromatic rings. The summed E-state index contributed by atoms with van der Waals surface area (Å²) in [4.78, 5) is 35.0. The molecule has 0 radical (unpaired) electrons. The minimum Gasteiger partial charge on any atom is -0.465 e. The standard InChI is InChI=1S/C18H22N2O4/c1-24-18(23)14-7-9-15(10-8-14)20-17(22)16(21)19-12-11-13-5-3-2-4-6-13/h5,7-10H,2-4,6,11-12H2,1H3,(H,19,21)(H,20,22). The molecule has 6 nitrogen and oxygen atoms in total. The number of hydrogen-bond acceptors (Lipinski definition) is 4. The van der Waals surface area contributed by atoms with E-state index >= 15 is 0 Å². The Morgan fingerprint density at radius 1 is 1.08 bits per heavy atom. The van der Waals surface area contributed by atoms with Crippen LogP contribution in [-0.2, 0) is 14.3 Å². The molecule has 1 aromatic carbocycles. The molecule has 0 spiro atoms. The van der Waals surface area contributed by atoms with Gasteiger partial charge in [0.25, 0.3) is 0 Å². The number of esters is 1. The third-order valence-corrected chi connectivity index (χ3v) is 3.89. The molecule has 2 N–H and O–H groups in total. The van der Waals surface area contributed by atoms with Gasteiger partial charge in [-0.3, -0.25) is 9.59 Å². The third kappa shape index (κ3) is 5.22. The molecule has 0 bridgehead atoms. The SMILES string of the molecule is COC(=O)c1ccc(NC(=O)C(=O)NCCC2=CCCCC2)cc1. The van der Waals surface area contributed by atoms with Crippen molar-refractivity contribution in [2.24, 2.45) is 0 Å². The molecule has 0 saturated carbocycles. The van der Waals surface area contributed by atoms with Crippen LogP contribution in [0.3, 0.4) is 0 Å². The zero-order valence-corrected chi connectivity index (χ0v) is 13.8. The molecule has 24 heavy (non-hydrogen) atoms. The fourth-order valence-electron chi connectivity index (χ4n) is 2.54. The molecule has 0 fully saturated rings. The second kappa shape index (κ2) is 8.86. The van der Waals surface area contributed by atoms with Crippen molar-refractivity contribution in [1.82, 2.24) is 5.32 Å². The van der Waals surface area contributed by atoms with Gasteiger partial charge in [-0.05, 0) is 56.4 Å². The Morgan fingerprint density at radius 2 is 1.83 bits per heavy atom. The summed E-state index contributed by atoms with van der Waals surface area (Å²) in [6.07, 6.45) is 7.61. The second-order valence-corrected chi connectivity index (χ2v) is 5.64. The van der Waals surface area contributed by atoms with Crippen LogP contribution >= 0.6 is 0 Å². The molecule has 1 aliphatic rings. The first kappa shape index (κ1) is 17.7. The summed E-state index contributed by atoms with van der Waals surface area (Å²) in [5, 5.41) is 5.12. The number of carbonyl (C=O) groups excluding carboxylic acids is 3. The number of amides is 2. The molecule has 0 heterocycles. The summed E-state index contributed by atoms with van der Waals surface area (Å²) in [6.45, 7) is 0.458. The van der Waals surface area contributed by atoms with Crippen molar-refractivity contribution in [3.05, 3.63) is 41.5 Å². The van der Waals surface area contributed by atoms with Crippen LogP contribution in [0.1, 0.15) is 42.5 Å². The average molecular weight is 330 g/mol. The predicted octanol–water partition coefficient (Wildman–Crippen LogP) is 2.42. The number of rotatable bonds is 5. The van der Waals surface area contributed by atoms with E-state index in [1.165, 1.54) is 37.7 Å². The van der Waals surface area contributed by atoms with Gasteiger partial charge in [0.05, 0.1) is 12.7 Å². The van der Waals surface area contributed by atoms with Crippen LogP contribution in [0.2, 0.25) is 0 Å². The minimum atomic E-state index is -0.724. The number of nitrogens with one attached hydrogen (secondary N) is 2. The van der Waals surface area contributed by atoms with Crippen LogP contribution in [-0.4, -0.2) is 31.4 Å². The van der Waals surface area contributed by atoms with Gasteiger partial charge in [-0.2, -0.15) is 0 Å². The Labute approximate surface area is 141 Å². The topological polar surface area (TPSA) is 84.5 Å². The first-order chi connectivity index (χ1) is 11.6. The van der Waals surface area contributed by atoms with Crippen LogP contribution in [0.15, 0.2) is 35.9 Å². The molecule has 0 aliphatic heterocycles. The molecule has 6 heteroatoms. The average Bonchev–Trinajstić information content (AvgIpc) is 2.62. The van der Waals surface area contributed by atoms with Crippen LogP contribution in [0, 0.1) is 0 Å². The van der Waals surface area contributed by atoms with Crippen LogP contribution < -0.4 is 10.6 Å². The quantitative estimate of drug-likeness (QED) is 0.493. The van der Waals surface area contributed by atoms with Gasteiger partial charge in [-0.25, -0.2) is 4.79 Å². The molecule has 0 saturated heterocycles. The van der Waals surface area contributed by atoms with Gasteiger partial charge in [0.15, 0.2) is 0 Å². The highest BCUT2D eigenvalue weighted by molar-refractivity contribution is 6.39. The highest BCUT2D eigenvalue weighted by Crippen LogP contribution is 2.19. The minimum absolute atomic E-state index is 0.376. The zero-order valence-electron chi connectivity index (χ0n) is 13.8. The van der Waals surface area contributed by atoms with Crippen molar-refractivity contribution in [2.45, 2.75) is 32.1 Å². The van der Waals surface area contributed by atoms with E-state index in [9.17, 15) is 14.4 Å². The van der Waals surface area contributed by atoms with Crippen molar-refractivity contribution in [3.63, 3.8) is 0 Å². The molecule has 128 valence electrons. The Balaban J connectivity index is 1.77.